The van der Waals surface area contributed by atoms with E-state index in [2.05, 4.69) is 4.79 Å². The van der Waals surface area contributed by atoms with Gasteiger partial charge in [0.25, 0.3) is 5.78 Å². The summed E-state index contributed by atoms with van der Waals surface area (Å²) in [5.41, 5.74) is 12.2. The van der Waals surface area contributed by atoms with E-state index in [9.17, 15) is 33.6 Å². The highest BCUT2D eigenvalue weighted by Gasteiger charge is 2.32. The van der Waals surface area contributed by atoms with Crippen LogP contribution in [0.1, 0.15) is 68.7 Å². The normalized spacial score (nSPS) is 12.6. The Kier molecular flexibility index (Phi) is 8.74. The Bertz CT molecular complexity index is 2090. The molecular formula is C35H32N2O8S. The first kappa shape index (κ1) is 32.0. The van der Waals surface area contributed by atoms with Gasteiger partial charge in [-0.2, -0.15) is 13.2 Å². The monoisotopic (exact) mass is 640 g/mol. The van der Waals surface area contributed by atoms with Crippen LogP contribution in [-0.2, 0) is 35.8 Å². The number of carbonyl (C=O) groups is 1. The first-order valence-corrected chi connectivity index (χ1v) is 16.0. The van der Waals surface area contributed by atoms with Crippen molar-refractivity contribution in [2.24, 2.45) is 0 Å². The molecule has 1 aliphatic rings. The lowest BCUT2D eigenvalue weighted by atomic mass is 9.93. The highest BCUT2D eigenvalue weighted by Crippen LogP contribution is 2.41. The van der Waals surface area contributed by atoms with E-state index in [1.54, 1.807) is 13.0 Å². The molecular weight excluding hydrogens is 608 g/mol. The van der Waals surface area contributed by atoms with Gasteiger partial charge in [-0.3, -0.25) is 4.79 Å². The molecule has 236 valence electrons. The number of phenols is 4. The SMILES string of the molecule is CCc1cc(C)cc(Cc2ccc(O)c(Cc3ccc(O)c(CC)c3OS(=O)(=O)c3cccc4c3C=CC(=[N+]=[N-])C4=O)c2O)c1O. The number of fused-ring (bicyclic) bond motifs is 1. The molecule has 0 atom stereocenters. The van der Waals surface area contributed by atoms with Crippen LogP contribution in [0.3, 0.4) is 0 Å². The molecule has 0 amide bonds. The van der Waals surface area contributed by atoms with E-state index in [1.165, 1.54) is 48.6 Å². The Morgan fingerprint density at radius 1 is 0.783 bits per heavy atom. The van der Waals surface area contributed by atoms with Crippen LogP contribution in [0.2, 0.25) is 0 Å². The lowest BCUT2D eigenvalue weighted by Crippen LogP contribution is -2.21. The first-order valence-electron chi connectivity index (χ1n) is 14.6. The number of nitrogens with zero attached hydrogens (tertiary/aromatic N) is 2. The second-order valence-electron chi connectivity index (χ2n) is 11.0. The lowest BCUT2D eigenvalue weighted by Gasteiger charge is -2.19. The van der Waals surface area contributed by atoms with E-state index in [-0.39, 0.29) is 86.4 Å². The van der Waals surface area contributed by atoms with Crippen molar-refractivity contribution < 1.29 is 42.6 Å². The molecule has 11 heteroatoms. The predicted octanol–water partition coefficient (Wildman–Crippen LogP) is 5.77. The molecule has 0 spiro atoms. The third kappa shape index (κ3) is 5.85. The van der Waals surface area contributed by atoms with Crippen molar-refractivity contribution in [2.75, 3.05) is 0 Å². The van der Waals surface area contributed by atoms with E-state index in [0.29, 0.717) is 17.5 Å². The molecule has 0 fully saturated rings. The average molecular weight is 641 g/mol. The molecule has 0 radical (unpaired) electrons. The van der Waals surface area contributed by atoms with Crippen molar-refractivity contribution in [3.63, 3.8) is 0 Å². The van der Waals surface area contributed by atoms with Crippen molar-refractivity contribution in [3.8, 4) is 28.7 Å². The number of aryl methyl sites for hydroxylation is 2. The Balaban J connectivity index is 1.57. The number of hydrogen-bond acceptors (Lipinski definition) is 8. The number of phenolic OH excluding ortho intramolecular Hbond substituents is 4. The van der Waals surface area contributed by atoms with Crippen LogP contribution in [0.4, 0.5) is 0 Å². The maximum atomic E-state index is 13.8. The summed E-state index contributed by atoms with van der Waals surface area (Å²) in [5, 5.41) is 43.6. The van der Waals surface area contributed by atoms with Crippen LogP contribution >= 0.6 is 0 Å². The van der Waals surface area contributed by atoms with E-state index >= 15 is 0 Å². The van der Waals surface area contributed by atoms with Crippen molar-refractivity contribution >= 4 is 27.7 Å². The average Bonchev–Trinajstić information content (AvgIpc) is 3.03. The van der Waals surface area contributed by atoms with Gasteiger partial charge in [-0.1, -0.05) is 55.8 Å². The van der Waals surface area contributed by atoms with Crippen LogP contribution < -0.4 is 4.18 Å². The minimum Gasteiger partial charge on any atom is -0.508 e. The molecule has 0 aliphatic heterocycles. The summed E-state index contributed by atoms with van der Waals surface area (Å²) in [5.74, 6) is -1.41. The van der Waals surface area contributed by atoms with Crippen LogP contribution in [0.5, 0.6) is 28.7 Å². The topological polar surface area (TPSA) is 178 Å². The number of hydrogen-bond donors (Lipinski definition) is 4. The van der Waals surface area contributed by atoms with E-state index < -0.39 is 15.9 Å². The molecule has 5 rings (SSSR count). The summed E-state index contributed by atoms with van der Waals surface area (Å²) < 4.78 is 33.2. The molecule has 0 saturated heterocycles. The Hall–Kier alpha value is -5.38. The van der Waals surface area contributed by atoms with Gasteiger partial charge in [0.15, 0.2) is 5.75 Å². The second-order valence-corrected chi connectivity index (χ2v) is 12.5. The van der Waals surface area contributed by atoms with E-state index in [1.807, 2.05) is 26.0 Å². The molecule has 0 heterocycles. The molecule has 46 heavy (non-hydrogen) atoms. The van der Waals surface area contributed by atoms with Gasteiger partial charge in [0.2, 0.25) is 0 Å². The highest BCUT2D eigenvalue weighted by molar-refractivity contribution is 7.87. The fraction of sp³-hybridized carbons (Fsp3) is 0.200. The van der Waals surface area contributed by atoms with Crippen LogP contribution in [0.25, 0.3) is 11.6 Å². The van der Waals surface area contributed by atoms with Crippen molar-refractivity contribution in [1.82, 2.24) is 0 Å². The number of benzene rings is 4. The number of allylic oxidation sites excluding steroid dienone is 1. The first-order chi connectivity index (χ1) is 21.9. The number of ketones is 1. The Labute approximate surface area is 266 Å². The fourth-order valence-corrected chi connectivity index (χ4v) is 6.93. The Morgan fingerprint density at radius 3 is 2.13 bits per heavy atom. The van der Waals surface area contributed by atoms with Gasteiger partial charge in [-0.25, -0.2) is 0 Å². The molecule has 1 aliphatic carbocycles. The van der Waals surface area contributed by atoms with Gasteiger partial charge in [-0.15, -0.1) is 0 Å². The zero-order valence-electron chi connectivity index (χ0n) is 25.4. The van der Waals surface area contributed by atoms with E-state index in [0.717, 1.165) is 11.1 Å². The molecule has 10 nitrogen and oxygen atoms in total. The molecule has 0 bridgehead atoms. The smallest absolute Gasteiger partial charge is 0.362 e. The number of rotatable bonds is 9. The van der Waals surface area contributed by atoms with Crippen LogP contribution in [-0.4, -0.2) is 45.1 Å². The quantitative estimate of drug-likeness (QED) is 0.101. The van der Waals surface area contributed by atoms with Crippen molar-refractivity contribution in [1.29, 1.82) is 0 Å². The summed E-state index contributed by atoms with van der Waals surface area (Å²) in [6.07, 6.45) is 3.32. The van der Waals surface area contributed by atoms with Gasteiger partial charge in [0.1, 0.15) is 27.9 Å². The fourth-order valence-electron chi connectivity index (χ4n) is 5.72. The molecule has 4 aromatic rings. The molecule has 0 aromatic heterocycles. The summed E-state index contributed by atoms with van der Waals surface area (Å²) in [7, 11) is -4.62. The zero-order chi connectivity index (χ0) is 33.3. The minimum absolute atomic E-state index is 0.00388. The zero-order valence-corrected chi connectivity index (χ0v) is 26.2. The predicted molar refractivity (Wildman–Crippen MR) is 171 cm³/mol. The summed E-state index contributed by atoms with van der Waals surface area (Å²) in [6, 6.07) is 13.6. The third-order valence-corrected chi connectivity index (χ3v) is 9.36. The molecule has 0 saturated carbocycles. The minimum atomic E-state index is -4.62. The summed E-state index contributed by atoms with van der Waals surface area (Å²) in [6.45, 7) is 5.55. The largest absolute Gasteiger partial charge is 0.508 e. The molecule has 4 N–H and O–H groups in total. The maximum Gasteiger partial charge on any atom is 0.362 e. The molecule has 0 unspecified atom stereocenters. The third-order valence-electron chi connectivity index (χ3n) is 8.07. The summed E-state index contributed by atoms with van der Waals surface area (Å²) >= 11 is 0. The second kappa shape index (κ2) is 12.5. The van der Waals surface area contributed by atoms with Gasteiger partial charge in [-0.05, 0) is 60.7 Å². The summed E-state index contributed by atoms with van der Waals surface area (Å²) in [4.78, 5) is 15.3. The van der Waals surface area contributed by atoms with Crippen LogP contribution in [0, 0.1) is 6.92 Å². The van der Waals surface area contributed by atoms with Gasteiger partial charge < -0.3 is 30.1 Å². The Morgan fingerprint density at radius 2 is 1.46 bits per heavy atom. The highest BCUT2D eigenvalue weighted by atomic mass is 32.2. The van der Waals surface area contributed by atoms with Crippen LogP contribution in [0.15, 0.2) is 65.6 Å². The van der Waals surface area contributed by atoms with E-state index in [4.69, 9.17) is 9.71 Å². The van der Waals surface area contributed by atoms with Gasteiger partial charge in [0, 0.05) is 46.7 Å². The van der Waals surface area contributed by atoms with Crippen molar-refractivity contribution in [3.05, 3.63) is 116 Å². The lowest BCUT2D eigenvalue weighted by molar-refractivity contribution is -0.00436. The number of carbonyl (C=O) groups excluding carboxylic acids is 1. The molecule has 4 aromatic carbocycles. The van der Waals surface area contributed by atoms with Gasteiger partial charge >= 0.3 is 15.8 Å². The van der Waals surface area contributed by atoms with Crippen molar-refractivity contribution in [2.45, 2.75) is 51.3 Å². The number of Topliss-reactive ketones (excluding diaryl/α,β-unsaturated/α-hetero) is 1. The standard InChI is InChI=1S/C35H32N2O8S/c1-4-20-15-19(3)16-23(32(20)40)17-21-9-13-30(39)27(33(21)41)18-22-10-14-29(38)24(5-2)35(22)45-46(43,44)31-8-6-7-26-25(31)11-12-28(37-36)34(26)42/h6-16,38-41H,4-5,17-18H2,1-3H3. The maximum absolute atomic E-state index is 13.8. The number of aromatic hydroxyl groups is 4. The van der Waals surface area contributed by atoms with Gasteiger partial charge in [0.05, 0.1) is 0 Å².